The van der Waals surface area contributed by atoms with Gasteiger partial charge in [0.05, 0.1) is 7.11 Å². The third kappa shape index (κ3) is 3.86. The quantitative estimate of drug-likeness (QED) is 0.843. The number of nitrogens with zero attached hydrogens (tertiary/aromatic N) is 2. The van der Waals surface area contributed by atoms with Crippen molar-refractivity contribution in [2.45, 2.75) is 32.9 Å². The van der Waals surface area contributed by atoms with E-state index in [4.69, 9.17) is 4.74 Å². The summed E-state index contributed by atoms with van der Waals surface area (Å²) < 4.78 is 4.72. The van der Waals surface area contributed by atoms with Crippen molar-refractivity contribution in [2.24, 2.45) is 5.92 Å². The minimum Gasteiger partial charge on any atom is -0.464 e. The number of carbonyl (C=O) groups excluding carboxylic acids is 1. The van der Waals surface area contributed by atoms with Crippen LogP contribution in [0.15, 0.2) is 12.3 Å². The van der Waals surface area contributed by atoms with E-state index in [0.717, 1.165) is 18.7 Å². The average Bonchev–Trinajstić information content (AvgIpc) is 2.94. The van der Waals surface area contributed by atoms with Gasteiger partial charge in [0, 0.05) is 25.3 Å². The van der Waals surface area contributed by atoms with Crippen LogP contribution in [0.5, 0.6) is 0 Å². The van der Waals surface area contributed by atoms with Crippen molar-refractivity contribution < 1.29 is 9.53 Å². The molecule has 0 amide bonds. The van der Waals surface area contributed by atoms with Gasteiger partial charge in [-0.3, -0.25) is 4.90 Å². The van der Waals surface area contributed by atoms with Crippen LogP contribution in [-0.2, 0) is 11.3 Å². The Hall–Kier alpha value is -1.33. The van der Waals surface area contributed by atoms with Crippen molar-refractivity contribution in [3.8, 4) is 0 Å². The van der Waals surface area contributed by atoms with Gasteiger partial charge in [0.15, 0.2) is 0 Å². The molecule has 0 spiro atoms. The van der Waals surface area contributed by atoms with Gasteiger partial charge in [-0.05, 0) is 44.1 Å². The Morgan fingerprint density at radius 1 is 1.57 bits per heavy atom. The molecule has 1 N–H and O–H groups in total. The molecular weight excluding hydrogens is 266 g/mol. The van der Waals surface area contributed by atoms with Gasteiger partial charge in [-0.2, -0.15) is 0 Å². The summed E-state index contributed by atoms with van der Waals surface area (Å²) in [6, 6.07) is 2.48. The fourth-order valence-electron chi connectivity index (χ4n) is 3.33. The van der Waals surface area contributed by atoms with Gasteiger partial charge in [0.25, 0.3) is 0 Å². The number of aromatic nitrogens is 1. The second-order valence-corrected chi connectivity index (χ2v) is 6.05. The smallest absolute Gasteiger partial charge is 0.354 e. The second-order valence-electron chi connectivity index (χ2n) is 6.05. The number of ether oxygens (including phenoxy) is 1. The Bertz CT molecular complexity index is 472. The predicted octanol–water partition coefficient (Wildman–Crippen LogP) is 1.96. The number of H-pyrrole nitrogens is 1. The minimum absolute atomic E-state index is 0.312. The SMILES string of the molecule is CCN1CC[C@H](N(C)Cc2c[nH]c(C(=O)OC)c2)[C@@H](C)C1. The molecule has 0 radical (unpaired) electrons. The highest BCUT2D eigenvalue weighted by molar-refractivity contribution is 5.87. The van der Waals surface area contributed by atoms with Gasteiger partial charge in [-0.25, -0.2) is 4.79 Å². The molecule has 2 rings (SSSR count). The summed E-state index contributed by atoms with van der Waals surface area (Å²) in [5.41, 5.74) is 1.65. The first-order chi connectivity index (χ1) is 10.0. The maximum Gasteiger partial charge on any atom is 0.354 e. The molecule has 2 heterocycles. The molecule has 0 bridgehead atoms. The lowest BCUT2D eigenvalue weighted by atomic mass is 9.92. The lowest BCUT2D eigenvalue weighted by Crippen LogP contribution is -2.48. The number of methoxy groups -OCH3 is 1. The van der Waals surface area contributed by atoms with E-state index in [0.29, 0.717) is 17.7 Å². The molecule has 0 unspecified atom stereocenters. The van der Waals surface area contributed by atoms with E-state index in [2.05, 4.69) is 35.7 Å². The monoisotopic (exact) mass is 293 g/mol. The summed E-state index contributed by atoms with van der Waals surface area (Å²) in [6.07, 6.45) is 3.11. The molecule has 0 aromatic carbocycles. The molecule has 1 aliphatic rings. The zero-order valence-electron chi connectivity index (χ0n) is 13.6. The standard InChI is InChI=1S/C16H27N3O2/c1-5-19-7-6-15(12(2)10-19)18(3)11-13-8-14(17-9-13)16(20)21-4/h8-9,12,15,17H,5-7,10-11H2,1-4H3/t12-,15-/m0/s1. The second kappa shape index (κ2) is 7.09. The van der Waals surface area contributed by atoms with E-state index in [-0.39, 0.29) is 5.97 Å². The summed E-state index contributed by atoms with van der Waals surface area (Å²) >= 11 is 0. The molecule has 1 saturated heterocycles. The molecule has 1 aromatic rings. The summed E-state index contributed by atoms with van der Waals surface area (Å²) in [5, 5.41) is 0. The summed E-state index contributed by atoms with van der Waals surface area (Å²) in [5.74, 6) is 0.358. The van der Waals surface area contributed by atoms with Crippen molar-refractivity contribution in [2.75, 3.05) is 33.8 Å². The first-order valence-electron chi connectivity index (χ1n) is 7.73. The maximum atomic E-state index is 11.5. The number of nitrogens with one attached hydrogen (secondary N) is 1. The topological polar surface area (TPSA) is 48.6 Å². The van der Waals surface area contributed by atoms with Crippen molar-refractivity contribution in [1.29, 1.82) is 0 Å². The van der Waals surface area contributed by atoms with E-state index in [9.17, 15) is 4.79 Å². The Balaban J connectivity index is 1.93. The number of aromatic amines is 1. The molecule has 0 saturated carbocycles. The number of carbonyl (C=O) groups is 1. The molecular formula is C16H27N3O2. The van der Waals surface area contributed by atoms with Gasteiger partial charge < -0.3 is 14.6 Å². The van der Waals surface area contributed by atoms with Gasteiger partial charge >= 0.3 is 5.97 Å². The first kappa shape index (κ1) is 16.0. The van der Waals surface area contributed by atoms with Crippen LogP contribution in [0.1, 0.15) is 36.3 Å². The zero-order valence-corrected chi connectivity index (χ0v) is 13.6. The van der Waals surface area contributed by atoms with E-state index >= 15 is 0 Å². The molecule has 5 nitrogen and oxygen atoms in total. The van der Waals surface area contributed by atoms with E-state index in [1.54, 1.807) is 0 Å². The average molecular weight is 293 g/mol. The van der Waals surface area contributed by atoms with Gasteiger partial charge in [0.2, 0.25) is 0 Å². The highest BCUT2D eigenvalue weighted by atomic mass is 16.5. The largest absolute Gasteiger partial charge is 0.464 e. The van der Waals surface area contributed by atoms with E-state index < -0.39 is 0 Å². The first-order valence-corrected chi connectivity index (χ1v) is 7.73. The fourth-order valence-corrected chi connectivity index (χ4v) is 3.33. The normalized spacial score (nSPS) is 23.5. The molecule has 0 aliphatic carbocycles. The Labute approximate surface area is 127 Å². The van der Waals surface area contributed by atoms with Crippen molar-refractivity contribution in [3.05, 3.63) is 23.5 Å². The fraction of sp³-hybridized carbons (Fsp3) is 0.688. The third-order valence-corrected chi connectivity index (χ3v) is 4.54. The number of likely N-dealkylation sites (tertiary alicyclic amines) is 1. The molecule has 21 heavy (non-hydrogen) atoms. The van der Waals surface area contributed by atoms with Crippen LogP contribution < -0.4 is 0 Å². The number of rotatable bonds is 5. The van der Waals surface area contributed by atoms with E-state index in [1.165, 1.54) is 26.6 Å². The lowest BCUT2D eigenvalue weighted by Gasteiger charge is -2.41. The van der Waals surface area contributed by atoms with Crippen molar-refractivity contribution in [3.63, 3.8) is 0 Å². The summed E-state index contributed by atoms with van der Waals surface area (Å²) in [6.45, 7) is 8.91. The van der Waals surface area contributed by atoms with Crippen LogP contribution in [0.25, 0.3) is 0 Å². The minimum atomic E-state index is -0.312. The van der Waals surface area contributed by atoms with Gasteiger partial charge in [0.1, 0.15) is 5.69 Å². The highest BCUT2D eigenvalue weighted by Crippen LogP contribution is 2.22. The lowest BCUT2D eigenvalue weighted by molar-refractivity contribution is 0.0594. The number of piperidine rings is 1. The Morgan fingerprint density at radius 3 is 2.95 bits per heavy atom. The van der Waals surface area contributed by atoms with Crippen molar-refractivity contribution >= 4 is 5.97 Å². The number of esters is 1. The van der Waals surface area contributed by atoms with Crippen LogP contribution >= 0.6 is 0 Å². The van der Waals surface area contributed by atoms with Gasteiger partial charge in [-0.1, -0.05) is 13.8 Å². The molecule has 118 valence electrons. The molecule has 1 fully saturated rings. The Kier molecular flexibility index (Phi) is 5.42. The highest BCUT2D eigenvalue weighted by Gasteiger charge is 2.28. The number of hydrogen-bond acceptors (Lipinski definition) is 4. The van der Waals surface area contributed by atoms with Crippen LogP contribution in [0.2, 0.25) is 0 Å². The van der Waals surface area contributed by atoms with Crippen molar-refractivity contribution in [1.82, 2.24) is 14.8 Å². The van der Waals surface area contributed by atoms with Gasteiger partial charge in [-0.15, -0.1) is 0 Å². The molecule has 5 heteroatoms. The maximum absolute atomic E-state index is 11.5. The van der Waals surface area contributed by atoms with Crippen LogP contribution in [0, 0.1) is 5.92 Å². The van der Waals surface area contributed by atoms with Crippen LogP contribution in [0.4, 0.5) is 0 Å². The zero-order chi connectivity index (χ0) is 15.4. The van der Waals surface area contributed by atoms with Crippen LogP contribution in [0.3, 0.4) is 0 Å². The van der Waals surface area contributed by atoms with E-state index in [1.807, 2.05) is 12.3 Å². The summed E-state index contributed by atoms with van der Waals surface area (Å²) in [7, 11) is 3.58. The molecule has 1 aromatic heterocycles. The molecule has 1 aliphatic heterocycles. The molecule has 2 atom stereocenters. The third-order valence-electron chi connectivity index (χ3n) is 4.54. The predicted molar refractivity (Wildman–Crippen MR) is 83.3 cm³/mol. The van der Waals surface area contributed by atoms with Crippen LogP contribution in [-0.4, -0.2) is 60.6 Å². The Morgan fingerprint density at radius 2 is 2.33 bits per heavy atom. The number of hydrogen-bond donors (Lipinski definition) is 1. The summed E-state index contributed by atoms with van der Waals surface area (Å²) in [4.78, 5) is 19.4.